The summed E-state index contributed by atoms with van der Waals surface area (Å²) in [5.41, 5.74) is 6.74. The van der Waals surface area contributed by atoms with Gasteiger partial charge in [0, 0.05) is 24.6 Å². The lowest BCUT2D eigenvalue weighted by Crippen LogP contribution is -2.33. The van der Waals surface area contributed by atoms with Crippen molar-refractivity contribution in [2.75, 3.05) is 18.9 Å². The van der Waals surface area contributed by atoms with Gasteiger partial charge >= 0.3 is 0 Å². The first-order valence-corrected chi connectivity index (χ1v) is 8.80. The third-order valence-corrected chi connectivity index (χ3v) is 5.19. The van der Waals surface area contributed by atoms with E-state index in [2.05, 4.69) is 5.32 Å². The van der Waals surface area contributed by atoms with Gasteiger partial charge in [0.1, 0.15) is 0 Å². The van der Waals surface area contributed by atoms with Gasteiger partial charge in [0.25, 0.3) is 5.91 Å². The van der Waals surface area contributed by atoms with Crippen LogP contribution in [-0.4, -0.2) is 36.3 Å². The number of anilines is 1. The average molecular weight is 352 g/mol. The summed E-state index contributed by atoms with van der Waals surface area (Å²) in [6, 6.07) is 5.06. The van der Waals surface area contributed by atoms with Crippen LogP contribution in [0.2, 0.25) is 5.02 Å². The number of nitrogens with zero attached hydrogens (tertiary/aromatic N) is 1. The van der Waals surface area contributed by atoms with Crippen molar-refractivity contribution in [2.24, 2.45) is 17.6 Å². The smallest absolute Gasteiger partial charge is 0.253 e. The fourth-order valence-corrected chi connectivity index (χ4v) is 3.25. The van der Waals surface area contributed by atoms with Crippen molar-refractivity contribution in [1.82, 2.24) is 4.90 Å². The minimum Gasteiger partial charge on any atom is -0.339 e. The van der Waals surface area contributed by atoms with Gasteiger partial charge in [0.2, 0.25) is 5.91 Å². The van der Waals surface area contributed by atoms with E-state index in [-0.39, 0.29) is 29.7 Å². The van der Waals surface area contributed by atoms with Crippen LogP contribution >= 0.6 is 11.6 Å². The Balaban J connectivity index is 2.17. The summed E-state index contributed by atoms with van der Waals surface area (Å²) < 4.78 is 0. The van der Waals surface area contributed by atoms with E-state index >= 15 is 0 Å². The molecule has 0 aliphatic heterocycles. The first-order valence-electron chi connectivity index (χ1n) is 8.42. The molecule has 1 aromatic carbocycles. The predicted molar refractivity (Wildman–Crippen MR) is 97.2 cm³/mol. The zero-order valence-electron chi connectivity index (χ0n) is 14.5. The minimum atomic E-state index is -0.0992. The van der Waals surface area contributed by atoms with Crippen molar-refractivity contribution in [3.63, 3.8) is 0 Å². The number of carbonyl (C=O) groups is 2. The van der Waals surface area contributed by atoms with Crippen molar-refractivity contribution >= 4 is 29.1 Å². The molecule has 6 heteroatoms. The molecular formula is C18H26ClN3O2. The van der Waals surface area contributed by atoms with E-state index in [1.54, 1.807) is 30.1 Å². The number of hydrogen-bond acceptors (Lipinski definition) is 3. The maximum atomic E-state index is 12.5. The highest BCUT2D eigenvalue weighted by atomic mass is 35.5. The molecule has 1 aliphatic carbocycles. The first-order chi connectivity index (χ1) is 11.3. The summed E-state index contributed by atoms with van der Waals surface area (Å²) in [5.74, 6) is -0.0195. The molecule has 0 bridgehead atoms. The quantitative estimate of drug-likeness (QED) is 0.855. The van der Waals surface area contributed by atoms with Crippen molar-refractivity contribution in [1.29, 1.82) is 0 Å². The van der Waals surface area contributed by atoms with Gasteiger partial charge in [0.15, 0.2) is 0 Å². The van der Waals surface area contributed by atoms with E-state index in [1.165, 1.54) is 0 Å². The van der Waals surface area contributed by atoms with E-state index < -0.39 is 0 Å². The van der Waals surface area contributed by atoms with E-state index in [4.69, 9.17) is 17.3 Å². The van der Waals surface area contributed by atoms with Gasteiger partial charge in [-0.1, -0.05) is 18.0 Å². The van der Waals surface area contributed by atoms with Crippen molar-refractivity contribution < 1.29 is 9.59 Å². The monoisotopic (exact) mass is 351 g/mol. The molecule has 5 nitrogen and oxygen atoms in total. The zero-order valence-corrected chi connectivity index (χ0v) is 15.3. The molecule has 1 aromatic rings. The molecule has 0 unspecified atom stereocenters. The molecule has 0 aromatic heterocycles. The average Bonchev–Trinajstić information content (AvgIpc) is 3.04. The Hall–Kier alpha value is -1.59. The molecule has 2 rings (SSSR count). The highest BCUT2D eigenvalue weighted by Crippen LogP contribution is 2.33. The van der Waals surface area contributed by atoms with Crippen LogP contribution in [0.15, 0.2) is 18.2 Å². The summed E-state index contributed by atoms with van der Waals surface area (Å²) in [6.45, 7) is 4.41. The lowest BCUT2D eigenvalue weighted by atomic mass is 9.95. The van der Waals surface area contributed by atoms with Crippen LogP contribution in [0.5, 0.6) is 0 Å². The normalized spacial score (nSPS) is 20.2. The Labute approximate surface area is 148 Å². The molecule has 1 saturated carbocycles. The molecule has 24 heavy (non-hydrogen) atoms. The second-order valence-electron chi connectivity index (χ2n) is 6.73. The van der Waals surface area contributed by atoms with E-state index in [9.17, 15) is 9.59 Å². The van der Waals surface area contributed by atoms with Gasteiger partial charge in [-0.25, -0.2) is 0 Å². The van der Waals surface area contributed by atoms with Crippen molar-refractivity contribution in [2.45, 2.75) is 39.2 Å². The summed E-state index contributed by atoms with van der Waals surface area (Å²) in [5, 5.41) is 3.31. The third kappa shape index (κ3) is 4.08. The fourth-order valence-electron chi connectivity index (χ4n) is 3.08. The number of hydrogen-bond donors (Lipinski definition) is 2. The Morgan fingerprint density at radius 2 is 2.08 bits per heavy atom. The number of carbonyl (C=O) groups excluding carboxylic acids is 2. The van der Waals surface area contributed by atoms with Crippen LogP contribution in [0, 0.1) is 11.8 Å². The van der Waals surface area contributed by atoms with Gasteiger partial charge in [-0.2, -0.15) is 0 Å². The summed E-state index contributed by atoms with van der Waals surface area (Å²) in [7, 11) is 1.75. The van der Waals surface area contributed by atoms with Crippen LogP contribution in [0.3, 0.4) is 0 Å². The first kappa shape index (κ1) is 18.7. The van der Waals surface area contributed by atoms with E-state index in [1.807, 2.05) is 13.8 Å². The van der Waals surface area contributed by atoms with Gasteiger partial charge in [-0.3, -0.25) is 9.59 Å². The fraction of sp³-hybridized carbons (Fsp3) is 0.556. The molecular weight excluding hydrogens is 326 g/mol. The Kier molecular flexibility index (Phi) is 6.24. The highest BCUT2D eigenvalue weighted by molar-refractivity contribution is 6.34. The summed E-state index contributed by atoms with van der Waals surface area (Å²) in [4.78, 5) is 26.6. The number of benzene rings is 1. The van der Waals surface area contributed by atoms with Gasteiger partial charge in [-0.05, 0) is 57.4 Å². The molecule has 3 N–H and O–H groups in total. The molecule has 2 amide bonds. The number of nitrogens with two attached hydrogens (primary N) is 1. The number of halogens is 1. The Morgan fingerprint density at radius 1 is 1.38 bits per heavy atom. The molecule has 1 aliphatic rings. The molecule has 1 fully saturated rings. The minimum absolute atomic E-state index is 0.0633. The largest absolute Gasteiger partial charge is 0.339 e. The van der Waals surface area contributed by atoms with Crippen LogP contribution in [-0.2, 0) is 4.79 Å². The van der Waals surface area contributed by atoms with Crippen LogP contribution in [0.4, 0.5) is 5.69 Å². The van der Waals surface area contributed by atoms with Gasteiger partial charge in [-0.15, -0.1) is 0 Å². The third-order valence-electron chi connectivity index (χ3n) is 4.86. The number of rotatable bonds is 5. The van der Waals surface area contributed by atoms with Crippen LogP contribution < -0.4 is 11.1 Å². The van der Waals surface area contributed by atoms with Crippen LogP contribution in [0.1, 0.15) is 43.5 Å². The van der Waals surface area contributed by atoms with Gasteiger partial charge in [0.05, 0.1) is 10.7 Å². The SMILES string of the molecule is CC(C)N(C)C(=O)c1ccc(Cl)c(NC(=O)[C@@H]2CCC[C@@H]2CN)c1. The van der Waals surface area contributed by atoms with Crippen molar-refractivity contribution in [3.05, 3.63) is 28.8 Å². The highest BCUT2D eigenvalue weighted by Gasteiger charge is 2.32. The molecule has 0 saturated heterocycles. The Morgan fingerprint density at radius 3 is 2.71 bits per heavy atom. The zero-order chi connectivity index (χ0) is 17.9. The molecule has 0 spiro atoms. The predicted octanol–water partition coefficient (Wildman–Crippen LogP) is 3.13. The van der Waals surface area contributed by atoms with E-state index in [0.29, 0.717) is 22.8 Å². The standard InChI is InChI=1S/C18H26ClN3O2/c1-11(2)22(3)18(24)12-7-8-15(19)16(9-12)21-17(23)14-6-4-5-13(14)10-20/h7-9,11,13-14H,4-6,10,20H2,1-3H3,(H,21,23)/t13-,14-/m1/s1. The molecule has 0 radical (unpaired) electrons. The maximum absolute atomic E-state index is 12.5. The molecule has 132 valence electrons. The van der Waals surface area contributed by atoms with Gasteiger partial charge < -0.3 is 16.0 Å². The molecule has 0 heterocycles. The summed E-state index contributed by atoms with van der Waals surface area (Å²) >= 11 is 6.20. The number of nitrogens with one attached hydrogen (secondary N) is 1. The summed E-state index contributed by atoms with van der Waals surface area (Å²) in [6.07, 6.45) is 2.85. The maximum Gasteiger partial charge on any atom is 0.253 e. The second kappa shape index (κ2) is 7.99. The lowest BCUT2D eigenvalue weighted by molar-refractivity contribution is -0.120. The molecule has 2 atom stereocenters. The van der Waals surface area contributed by atoms with Crippen molar-refractivity contribution in [3.8, 4) is 0 Å². The Bertz CT molecular complexity index is 618. The van der Waals surface area contributed by atoms with Crippen LogP contribution in [0.25, 0.3) is 0 Å². The topological polar surface area (TPSA) is 75.4 Å². The second-order valence-corrected chi connectivity index (χ2v) is 7.13. The number of amides is 2. The lowest BCUT2D eigenvalue weighted by Gasteiger charge is -2.22. The van der Waals surface area contributed by atoms with E-state index in [0.717, 1.165) is 19.3 Å².